The Kier molecular flexibility index (Phi) is 5.22. The first-order valence-electron chi connectivity index (χ1n) is 7.17. The largest absolute Gasteiger partial charge is 0.325 e. The van der Waals surface area contributed by atoms with Gasteiger partial charge in [-0.3, -0.25) is 14.5 Å². The zero-order valence-electron chi connectivity index (χ0n) is 12.2. The average Bonchev–Trinajstić information content (AvgIpc) is 2.47. The molecule has 1 aliphatic heterocycles. The lowest BCUT2D eigenvalue weighted by Gasteiger charge is -2.29. The summed E-state index contributed by atoms with van der Waals surface area (Å²) in [5, 5.41) is 2.80. The van der Waals surface area contributed by atoms with Gasteiger partial charge < -0.3 is 10.1 Å². The van der Waals surface area contributed by atoms with E-state index in [0.717, 1.165) is 25.7 Å². The maximum absolute atomic E-state index is 12.0. The Morgan fingerprint density at radius 3 is 2.95 bits per heavy atom. The second kappa shape index (κ2) is 7.13. The van der Waals surface area contributed by atoms with Crippen molar-refractivity contribution in [1.29, 1.82) is 0 Å². The van der Waals surface area contributed by atoms with E-state index in [1.54, 1.807) is 24.3 Å². The minimum atomic E-state index is -0.123. The van der Waals surface area contributed by atoms with Gasteiger partial charge in [-0.1, -0.05) is 12.1 Å². The fourth-order valence-electron chi connectivity index (χ4n) is 2.57. The van der Waals surface area contributed by atoms with Crippen molar-refractivity contribution in [2.24, 2.45) is 5.92 Å². The van der Waals surface area contributed by atoms with Gasteiger partial charge in [-0.2, -0.15) is 0 Å². The van der Waals surface area contributed by atoms with E-state index in [0.29, 0.717) is 17.8 Å². The van der Waals surface area contributed by atoms with Crippen molar-refractivity contribution in [2.45, 2.75) is 19.8 Å². The number of nitrogens with one attached hydrogen (secondary N) is 1. The number of carbonyl (C=O) groups is 3. The van der Waals surface area contributed by atoms with Crippen molar-refractivity contribution in [3.63, 3.8) is 0 Å². The third kappa shape index (κ3) is 4.49. The SMILES string of the molecule is CC(=O)c1cccc(NC(=O)CN2CCCC(C=O)C2)c1. The molecule has 1 fully saturated rings. The van der Waals surface area contributed by atoms with E-state index in [-0.39, 0.29) is 24.2 Å². The van der Waals surface area contributed by atoms with Crippen molar-refractivity contribution in [3.05, 3.63) is 29.8 Å². The molecule has 1 saturated heterocycles. The molecule has 0 aromatic heterocycles. The van der Waals surface area contributed by atoms with Crippen molar-refractivity contribution in [2.75, 3.05) is 25.0 Å². The van der Waals surface area contributed by atoms with Gasteiger partial charge in [0, 0.05) is 23.7 Å². The number of aldehydes is 1. The molecule has 1 aliphatic rings. The maximum Gasteiger partial charge on any atom is 0.238 e. The Labute approximate surface area is 124 Å². The minimum Gasteiger partial charge on any atom is -0.325 e. The summed E-state index contributed by atoms with van der Waals surface area (Å²) < 4.78 is 0. The van der Waals surface area contributed by atoms with Crippen LogP contribution in [0.2, 0.25) is 0 Å². The van der Waals surface area contributed by atoms with Crippen LogP contribution in [0, 0.1) is 5.92 Å². The standard InChI is InChI=1S/C16H20N2O3/c1-12(20)14-5-2-6-15(8-14)17-16(21)10-18-7-3-4-13(9-18)11-19/h2,5-6,8,11,13H,3-4,7,9-10H2,1H3,(H,17,21). The lowest BCUT2D eigenvalue weighted by atomic mass is 10.00. The predicted octanol–water partition coefficient (Wildman–Crippen LogP) is 1.74. The molecule has 1 aromatic rings. The van der Waals surface area contributed by atoms with Gasteiger partial charge >= 0.3 is 0 Å². The van der Waals surface area contributed by atoms with Crippen LogP contribution >= 0.6 is 0 Å². The fraction of sp³-hybridized carbons (Fsp3) is 0.438. The van der Waals surface area contributed by atoms with Gasteiger partial charge in [0.15, 0.2) is 5.78 Å². The number of Topliss-reactive ketones (excluding diaryl/α,β-unsaturated/α-hetero) is 1. The number of piperidine rings is 1. The third-order valence-electron chi connectivity index (χ3n) is 3.65. The van der Waals surface area contributed by atoms with Crippen molar-refractivity contribution >= 4 is 23.7 Å². The van der Waals surface area contributed by atoms with E-state index < -0.39 is 0 Å². The molecular formula is C16H20N2O3. The molecule has 0 aliphatic carbocycles. The van der Waals surface area contributed by atoms with Crippen LogP contribution in [0.1, 0.15) is 30.1 Å². The Hall–Kier alpha value is -2.01. The monoisotopic (exact) mass is 288 g/mol. The zero-order chi connectivity index (χ0) is 15.2. The molecule has 1 amide bonds. The number of benzene rings is 1. The van der Waals surface area contributed by atoms with Gasteiger partial charge in [0.2, 0.25) is 5.91 Å². The first-order chi connectivity index (χ1) is 10.1. The number of hydrogen-bond donors (Lipinski definition) is 1. The number of carbonyl (C=O) groups excluding carboxylic acids is 3. The summed E-state index contributed by atoms with van der Waals surface area (Å²) in [5.41, 5.74) is 1.20. The molecule has 1 unspecified atom stereocenters. The highest BCUT2D eigenvalue weighted by Crippen LogP contribution is 2.15. The summed E-state index contributed by atoms with van der Waals surface area (Å²) in [7, 11) is 0. The van der Waals surface area contributed by atoms with Crippen LogP contribution in [0.3, 0.4) is 0 Å². The highest BCUT2D eigenvalue weighted by molar-refractivity contribution is 5.97. The summed E-state index contributed by atoms with van der Waals surface area (Å²) >= 11 is 0. The molecule has 5 heteroatoms. The first kappa shape index (κ1) is 15.4. The molecule has 5 nitrogen and oxygen atoms in total. The molecule has 1 aromatic carbocycles. The van der Waals surface area contributed by atoms with Crippen LogP contribution in [0.4, 0.5) is 5.69 Å². The number of anilines is 1. The lowest BCUT2D eigenvalue weighted by molar-refractivity contribution is -0.119. The molecule has 1 N–H and O–H groups in total. The number of nitrogens with zero attached hydrogens (tertiary/aromatic N) is 1. The van der Waals surface area contributed by atoms with E-state index in [4.69, 9.17) is 0 Å². The van der Waals surface area contributed by atoms with E-state index in [9.17, 15) is 14.4 Å². The van der Waals surface area contributed by atoms with Crippen LogP contribution in [0.25, 0.3) is 0 Å². The molecule has 0 spiro atoms. The Morgan fingerprint density at radius 2 is 2.24 bits per heavy atom. The van der Waals surface area contributed by atoms with Crippen LogP contribution in [-0.4, -0.2) is 42.5 Å². The second-order valence-corrected chi connectivity index (χ2v) is 5.46. The van der Waals surface area contributed by atoms with Crippen LogP contribution < -0.4 is 5.32 Å². The van der Waals surface area contributed by atoms with Crippen LogP contribution in [-0.2, 0) is 9.59 Å². The molecule has 2 rings (SSSR count). The average molecular weight is 288 g/mol. The fourth-order valence-corrected chi connectivity index (χ4v) is 2.57. The van der Waals surface area contributed by atoms with Gasteiger partial charge in [-0.25, -0.2) is 0 Å². The van der Waals surface area contributed by atoms with E-state index >= 15 is 0 Å². The van der Waals surface area contributed by atoms with E-state index in [2.05, 4.69) is 5.32 Å². The van der Waals surface area contributed by atoms with Crippen molar-refractivity contribution in [1.82, 2.24) is 4.90 Å². The van der Waals surface area contributed by atoms with Crippen LogP contribution in [0.15, 0.2) is 24.3 Å². The van der Waals surface area contributed by atoms with Gasteiger partial charge in [0.25, 0.3) is 0 Å². The van der Waals surface area contributed by atoms with Gasteiger partial charge in [0.1, 0.15) is 6.29 Å². The summed E-state index contributed by atoms with van der Waals surface area (Å²) in [6, 6.07) is 6.90. The van der Waals surface area contributed by atoms with Crippen molar-refractivity contribution in [3.8, 4) is 0 Å². The normalized spacial score (nSPS) is 19.0. The minimum absolute atomic E-state index is 0.0315. The Bertz CT molecular complexity index is 542. The summed E-state index contributed by atoms with van der Waals surface area (Å²) in [6.45, 7) is 3.25. The van der Waals surface area contributed by atoms with Gasteiger partial charge in [-0.15, -0.1) is 0 Å². The quantitative estimate of drug-likeness (QED) is 0.662. The molecule has 1 heterocycles. The predicted molar refractivity (Wildman–Crippen MR) is 80.3 cm³/mol. The molecule has 0 bridgehead atoms. The number of amides is 1. The molecular weight excluding hydrogens is 268 g/mol. The topological polar surface area (TPSA) is 66.5 Å². The number of rotatable bonds is 5. The Morgan fingerprint density at radius 1 is 1.43 bits per heavy atom. The molecule has 1 atom stereocenters. The van der Waals surface area contributed by atoms with Crippen molar-refractivity contribution < 1.29 is 14.4 Å². The highest BCUT2D eigenvalue weighted by atomic mass is 16.2. The zero-order valence-corrected chi connectivity index (χ0v) is 12.2. The molecule has 112 valence electrons. The second-order valence-electron chi connectivity index (χ2n) is 5.46. The maximum atomic E-state index is 12.0. The summed E-state index contributed by atoms with van der Waals surface area (Å²) in [5.74, 6) is -0.120. The molecule has 21 heavy (non-hydrogen) atoms. The molecule has 0 radical (unpaired) electrons. The number of hydrogen-bond acceptors (Lipinski definition) is 4. The first-order valence-corrected chi connectivity index (χ1v) is 7.17. The summed E-state index contributed by atoms with van der Waals surface area (Å²) in [4.78, 5) is 36.2. The third-order valence-corrected chi connectivity index (χ3v) is 3.65. The smallest absolute Gasteiger partial charge is 0.238 e. The molecule has 0 saturated carbocycles. The van der Waals surface area contributed by atoms with E-state index in [1.165, 1.54) is 6.92 Å². The Balaban J connectivity index is 1.91. The number of ketones is 1. The lowest BCUT2D eigenvalue weighted by Crippen LogP contribution is -2.40. The van der Waals surface area contributed by atoms with Crippen LogP contribution in [0.5, 0.6) is 0 Å². The van der Waals surface area contributed by atoms with Gasteiger partial charge in [0.05, 0.1) is 6.54 Å². The summed E-state index contributed by atoms with van der Waals surface area (Å²) in [6.07, 6.45) is 2.82. The van der Waals surface area contributed by atoms with E-state index in [1.807, 2.05) is 4.90 Å². The van der Waals surface area contributed by atoms with Gasteiger partial charge in [-0.05, 0) is 38.4 Å². The number of likely N-dealkylation sites (tertiary alicyclic amines) is 1. The highest BCUT2D eigenvalue weighted by Gasteiger charge is 2.21.